The molecule has 2 heterocycles. The van der Waals surface area contributed by atoms with Gasteiger partial charge in [-0.2, -0.15) is 4.79 Å². The molecule has 0 N–H and O–H groups in total. The lowest BCUT2D eigenvalue weighted by Crippen LogP contribution is -2.25. The van der Waals surface area contributed by atoms with Crippen LogP contribution in [0.25, 0.3) is 5.53 Å². The first-order valence-electron chi connectivity index (χ1n) is 13.8. The van der Waals surface area contributed by atoms with Gasteiger partial charge >= 0.3 is 30.1 Å². The van der Waals surface area contributed by atoms with E-state index in [4.69, 9.17) is 19.7 Å². The Bertz CT molecular complexity index is 1360. The molecule has 0 amide bonds. The van der Waals surface area contributed by atoms with Crippen molar-refractivity contribution in [3.05, 3.63) is 77.4 Å². The summed E-state index contributed by atoms with van der Waals surface area (Å²) in [5, 5.41) is 0. The van der Waals surface area contributed by atoms with E-state index >= 15 is 0 Å². The fourth-order valence-corrected chi connectivity index (χ4v) is 3.69. The summed E-state index contributed by atoms with van der Waals surface area (Å²) in [5.41, 5.74) is 9.26. The van der Waals surface area contributed by atoms with Crippen LogP contribution in [-0.2, 0) is 41.4 Å². The molecule has 0 saturated heterocycles. The van der Waals surface area contributed by atoms with Crippen LogP contribution in [0.5, 0.6) is 0 Å². The van der Waals surface area contributed by atoms with Gasteiger partial charge < -0.3 is 24.5 Å². The van der Waals surface area contributed by atoms with Crippen LogP contribution in [0.2, 0.25) is 0 Å². The van der Waals surface area contributed by atoms with E-state index in [1.807, 2.05) is 20.8 Å². The molecule has 2 atom stereocenters. The van der Waals surface area contributed by atoms with Crippen molar-refractivity contribution >= 4 is 30.1 Å². The van der Waals surface area contributed by atoms with Gasteiger partial charge in [0.25, 0.3) is 0 Å². The molecule has 0 spiro atoms. The Morgan fingerprint density at radius 2 is 1.37 bits per heavy atom. The van der Waals surface area contributed by atoms with Crippen LogP contribution in [0.15, 0.2) is 49.3 Å². The van der Waals surface area contributed by atoms with Crippen molar-refractivity contribution in [3.8, 4) is 0 Å². The van der Waals surface area contributed by atoms with Gasteiger partial charge in [0.15, 0.2) is 0 Å². The zero-order chi connectivity index (χ0) is 33.5. The summed E-state index contributed by atoms with van der Waals surface area (Å²) in [7, 11) is 2.70. The van der Waals surface area contributed by atoms with Gasteiger partial charge in [-0.05, 0) is 84.6 Å². The van der Waals surface area contributed by atoms with Gasteiger partial charge in [-0.25, -0.2) is 14.4 Å². The van der Waals surface area contributed by atoms with Gasteiger partial charge in [-0.3, -0.25) is 14.8 Å². The topological polar surface area (TPSA) is 167 Å². The van der Waals surface area contributed by atoms with E-state index in [-0.39, 0.29) is 38.6 Å². The summed E-state index contributed by atoms with van der Waals surface area (Å²) in [6.07, 6.45) is 7.66. The molecule has 46 heavy (non-hydrogen) atoms. The minimum atomic E-state index is -0.644. The zero-order valence-electron chi connectivity index (χ0n) is 26.7. The standard InChI is InChI=1S/C16H21NO4.C10H11NO2.C6H10N2O2.2CH4/c1-16(2,3)21-15(19)12-8-10(12)9-13-11(14(18)20-4)6-5-7-17-13;1-3-5-9-8(10(12)13-2)6-4-7-11-9;1-6(2,3)10-5(9)4-8-7;;/h5-7,10,12H,8-9H2,1-4H3;3-4,6-7H,1,5H2,2H3;4H,1-3H3;2*1H4. The molecule has 2 unspecified atom stereocenters. The van der Waals surface area contributed by atoms with E-state index in [0.29, 0.717) is 41.6 Å². The second-order valence-corrected chi connectivity index (χ2v) is 11.6. The van der Waals surface area contributed by atoms with Crippen LogP contribution in [0.1, 0.15) is 94.9 Å². The summed E-state index contributed by atoms with van der Waals surface area (Å²) < 4.78 is 19.5. The number of carbonyl (C=O) groups is 4. The fraction of sp³-hybridized carbons (Fsp3) is 0.500. The molecular formula is C34H50N4O8. The van der Waals surface area contributed by atoms with E-state index in [1.54, 1.807) is 63.5 Å². The van der Waals surface area contributed by atoms with E-state index in [0.717, 1.165) is 6.42 Å². The Morgan fingerprint density at radius 3 is 1.80 bits per heavy atom. The maximum atomic E-state index is 12.0. The quantitative estimate of drug-likeness (QED) is 0.0846. The highest BCUT2D eigenvalue weighted by Gasteiger charge is 2.45. The van der Waals surface area contributed by atoms with Crippen molar-refractivity contribution in [2.24, 2.45) is 11.8 Å². The monoisotopic (exact) mass is 642 g/mol. The average molecular weight is 643 g/mol. The summed E-state index contributed by atoms with van der Waals surface area (Å²) in [6.45, 7) is 14.4. The van der Waals surface area contributed by atoms with Crippen LogP contribution in [0.3, 0.4) is 0 Å². The summed E-state index contributed by atoms with van der Waals surface area (Å²) >= 11 is 0. The molecule has 0 aliphatic heterocycles. The van der Waals surface area contributed by atoms with Crippen molar-refractivity contribution in [3.63, 3.8) is 0 Å². The predicted molar refractivity (Wildman–Crippen MR) is 175 cm³/mol. The van der Waals surface area contributed by atoms with Crippen LogP contribution in [-0.4, -0.2) is 70.3 Å². The van der Waals surface area contributed by atoms with Crippen LogP contribution in [0.4, 0.5) is 0 Å². The van der Waals surface area contributed by atoms with Gasteiger partial charge in [0.2, 0.25) is 0 Å². The smallest absolute Gasteiger partial charge is 0.414 e. The van der Waals surface area contributed by atoms with Gasteiger partial charge in [-0.15, -0.1) is 6.58 Å². The molecule has 1 fully saturated rings. The third-order valence-corrected chi connectivity index (χ3v) is 5.59. The number of hydrogen-bond donors (Lipinski definition) is 0. The number of hydrogen-bond acceptors (Lipinski definition) is 10. The highest BCUT2D eigenvalue weighted by Crippen LogP contribution is 2.42. The Labute approximate surface area is 273 Å². The highest BCUT2D eigenvalue weighted by atomic mass is 16.6. The number of esters is 4. The van der Waals surface area contributed by atoms with Gasteiger partial charge in [0.1, 0.15) is 11.2 Å². The third kappa shape index (κ3) is 16.4. The normalized spacial score (nSPS) is 14.3. The predicted octanol–water partition coefficient (Wildman–Crippen LogP) is 5.89. The number of rotatable bonds is 8. The number of ether oxygens (including phenoxy) is 4. The largest absolute Gasteiger partial charge is 0.465 e. The average Bonchev–Trinajstić information content (AvgIpc) is 3.71. The number of nitrogens with zero attached hydrogens (tertiary/aromatic N) is 4. The van der Waals surface area contributed by atoms with E-state index in [2.05, 4.69) is 26.1 Å². The van der Waals surface area contributed by atoms with E-state index in [9.17, 15) is 19.2 Å². The molecule has 12 nitrogen and oxygen atoms in total. The van der Waals surface area contributed by atoms with Gasteiger partial charge in [0.05, 0.1) is 42.7 Å². The number of carbonyl (C=O) groups excluding carboxylic acids is 4. The number of allylic oxidation sites excluding steroid dienone is 1. The van der Waals surface area contributed by atoms with Gasteiger partial charge in [-0.1, -0.05) is 20.9 Å². The molecule has 1 saturated carbocycles. The summed E-state index contributed by atoms with van der Waals surface area (Å²) in [4.78, 5) is 56.2. The molecule has 0 aromatic carbocycles. The van der Waals surface area contributed by atoms with Gasteiger partial charge in [0, 0.05) is 18.8 Å². The second kappa shape index (κ2) is 20.4. The molecule has 1 aliphatic carbocycles. The molecule has 0 bridgehead atoms. The maximum Gasteiger partial charge on any atom is 0.414 e. The molecule has 2 aromatic rings. The molecule has 2 aromatic heterocycles. The lowest BCUT2D eigenvalue weighted by atomic mass is 10.1. The Morgan fingerprint density at radius 1 is 0.891 bits per heavy atom. The molecule has 254 valence electrons. The number of aromatic nitrogens is 2. The summed E-state index contributed by atoms with van der Waals surface area (Å²) in [6, 6.07) is 6.80. The minimum absolute atomic E-state index is 0. The first kappa shape index (κ1) is 43.4. The third-order valence-electron chi connectivity index (χ3n) is 5.59. The van der Waals surface area contributed by atoms with E-state index < -0.39 is 23.1 Å². The van der Waals surface area contributed by atoms with Crippen molar-refractivity contribution in [2.75, 3.05) is 14.2 Å². The van der Waals surface area contributed by atoms with Crippen molar-refractivity contribution in [1.29, 1.82) is 0 Å². The second-order valence-electron chi connectivity index (χ2n) is 11.6. The first-order valence-corrected chi connectivity index (χ1v) is 13.8. The van der Waals surface area contributed by atoms with Crippen molar-refractivity contribution in [1.82, 2.24) is 9.97 Å². The SMILES string of the molecule is C.C.C=CCc1ncccc1C(=O)OC.CC(C)(C)OC(=O)C=[N+]=[N-].COC(=O)c1cccnc1CC1CC1C(=O)OC(C)(C)C. The lowest BCUT2D eigenvalue weighted by Gasteiger charge is -2.19. The number of pyridine rings is 2. The zero-order valence-corrected chi connectivity index (χ0v) is 26.7. The van der Waals surface area contributed by atoms with Crippen LogP contribution >= 0.6 is 0 Å². The molecule has 0 radical (unpaired) electrons. The van der Waals surface area contributed by atoms with Crippen molar-refractivity contribution < 1.29 is 42.9 Å². The van der Waals surface area contributed by atoms with Crippen LogP contribution < -0.4 is 0 Å². The molecule has 1 aliphatic rings. The van der Waals surface area contributed by atoms with Crippen LogP contribution in [0, 0.1) is 11.8 Å². The minimum Gasteiger partial charge on any atom is -0.465 e. The molecule has 3 rings (SSSR count). The molecular weight excluding hydrogens is 592 g/mol. The highest BCUT2D eigenvalue weighted by molar-refractivity contribution is 6.20. The maximum absolute atomic E-state index is 12.0. The first-order chi connectivity index (χ1) is 20.6. The molecule has 12 heteroatoms. The van der Waals surface area contributed by atoms with E-state index in [1.165, 1.54) is 14.2 Å². The van der Waals surface area contributed by atoms with Crippen molar-refractivity contribution in [2.45, 2.75) is 86.9 Å². The Balaban J connectivity index is 0. The lowest BCUT2D eigenvalue weighted by molar-refractivity contribution is -0.157. The summed E-state index contributed by atoms with van der Waals surface area (Å²) in [5.74, 6) is -1.45. The number of methoxy groups -OCH3 is 2. The Hall–Kier alpha value is -4.70. The Kier molecular flexibility index (Phi) is 19.2. The fourth-order valence-electron chi connectivity index (χ4n) is 3.69.